The molecule has 21 heavy (non-hydrogen) atoms. The molecule has 1 saturated heterocycles. The van der Waals surface area contributed by atoms with E-state index in [2.05, 4.69) is 11.8 Å². The van der Waals surface area contributed by atoms with Crippen molar-refractivity contribution in [1.82, 2.24) is 4.90 Å². The highest BCUT2D eigenvalue weighted by molar-refractivity contribution is 5.20. The molecule has 1 aliphatic heterocycles. The SMILES string of the molecule is CCN(CC1COC(C)(c2ccccc2)O1)CC(C)(C)O. The van der Waals surface area contributed by atoms with Crippen molar-refractivity contribution in [2.24, 2.45) is 0 Å². The Kier molecular flexibility index (Phi) is 5.04. The molecule has 0 saturated carbocycles. The minimum atomic E-state index is -0.696. The summed E-state index contributed by atoms with van der Waals surface area (Å²) in [6, 6.07) is 10.0. The van der Waals surface area contributed by atoms with E-state index < -0.39 is 11.4 Å². The maximum absolute atomic E-state index is 9.96. The fourth-order valence-electron chi connectivity index (χ4n) is 2.76. The minimum absolute atomic E-state index is 0.0255. The van der Waals surface area contributed by atoms with Gasteiger partial charge in [-0.25, -0.2) is 0 Å². The molecule has 1 aliphatic rings. The molecule has 2 unspecified atom stereocenters. The Labute approximate surface area is 127 Å². The Morgan fingerprint density at radius 1 is 1.33 bits per heavy atom. The van der Waals surface area contributed by atoms with Crippen LogP contribution in [0.15, 0.2) is 30.3 Å². The largest absolute Gasteiger partial charge is 0.389 e. The number of benzene rings is 1. The van der Waals surface area contributed by atoms with Gasteiger partial charge in [0.15, 0.2) is 5.79 Å². The van der Waals surface area contributed by atoms with E-state index in [4.69, 9.17) is 9.47 Å². The molecular weight excluding hydrogens is 266 g/mol. The number of nitrogens with zero attached hydrogens (tertiary/aromatic N) is 1. The minimum Gasteiger partial charge on any atom is -0.389 e. The average molecular weight is 293 g/mol. The molecule has 0 radical (unpaired) electrons. The molecule has 4 nitrogen and oxygen atoms in total. The van der Waals surface area contributed by atoms with Gasteiger partial charge in [-0.2, -0.15) is 0 Å². The Hall–Kier alpha value is -0.940. The maximum atomic E-state index is 9.96. The van der Waals surface area contributed by atoms with Crippen LogP contribution in [0.25, 0.3) is 0 Å². The first-order valence-corrected chi connectivity index (χ1v) is 7.64. The van der Waals surface area contributed by atoms with Gasteiger partial charge in [0, 0.05) is 18.7 Å². The third kappa shape index (κ3) is 4.51. The highest BCUT2D eigenvalue weighted by atomic mass is 16.7. The topological polar surface area (TPSA) is 41.9 Å². The maximum Gasteiger partial charge on any atom is 0.192 e. The molecule has 1 fully saturated rings. The summed E-state index contributed by atoms with van der Waals surface area (Å²) in [4.78, 5) is 2.20. The zero-order valence-corrected chi connectivity index (χ0v) is 13.5. The predicted octanol–water partition coefficient (Wildman–Crippen LogP) is 2.37. The number of hydrogen-bond donors (Lipinski definition) is 1. The third-order valence-corrected chi connectivity index (χ3v) is 3.75. The lowest BCUT2D eigenvalue weighted by Crippen LogP contribution is -2.43. The van der Waals surface area contributed by atoms with Crippen molar-refractivity contribution in [3.8, 4) is 0 Å². The Morgan fingerprint density at radius 2 is 2.00 bits per heavy atom. The first-order valence-electron chi connectivity index (χ1n) is 7.64. The zero-order valence-electron chi connectivity index (χ0n) is 13.5. The van der Waals surface area contributed by atoms with E-state index in [0.29, 0.717) is 13.2 Å². The van der Waals surface area contributed by atoms with E-state index >= 15 is 0 Å². The molecule has 0 bridgehead atoms. The monoisotopic (exact) mass is 293 g/mol. The molecule has 0 amide bonds. The van der Waals surface area contributed by atoms with Crippen LogP contribution >= 0.6 is 0 Å². The molecule has 1 heterocycles. The first kappa shape index (κ1) is 16.4. The van der Waals surface area contributed by atoms with E-state index in [0.717, 1.165) is 18.7 Å². The van der Waals surface area contributed by atoms with Crippen LogP contribution in [0.4, 0.5) is 0 Å². The van der Waals surface area contributed by atoms with E-state index in [1.54, 1.807) is 0 Å². The number of hydrogen-bond acceptors (Lipinski definition) is 4. The molecule has 0 aliphatic carbocycles. The molecule has 0 aromatic heterocycles. The standard InChI is InChI=1S/C17H27NO3/c1-5-18(13-16(2,3)19)11-15-12-20-17(4,21-15)14-9-7-6-8-10-14/h6-10,15,19H,5,11-13H2,1-4H3. The van der Waals surface area contributed by atoms with Gasteiger partial charge in [0.2, 0.25) is 0 Å². The summed E-state index contributed by atoms with van der Waals surface area (Å²) in [5, 5.41) is 9.96. The van der Waals surface area contributed by atoms with Crippen molar-refractivity contribution in [2.75, 3.05) is 26.2 Å². The van der Waals surface area contributed by atoms with Gasteiger partial charge < -0.3 is 14.6 Å². The van der Waals surface area contributed by atoms with Crippen molar-refractivity contribution >= 4 is 0 Å². The van der Waals surface area contributed by atoms with E-state index in [1.807, 2.05) is 51.1 Å². The van der Waals surface area contributed by atoms with Crippen molar-refractivity contribution in [3.63, 3.8) is 0 Å². The molecule has 4 heteroatoms. The molecule has 1 N–H and O–H groups in total. The Bertz CT molecular complexity index is 443. The molecule has 1 aromatic rings. The van der Waals surface area contributed by atoms with Crippen LogP contribution in [0.1, 0.15) is 33.3 Å². The van der Waals surface area contributed by atoms with Gasteiger partial charge in [0.05, 0.1) is 18.3 Å². The van der Waals surface area contributed by atoms with Crippen molar-refractivity contribution in [1.29, 1.82) is 0 Å². The van der Waals surface area contributed by atoms with E-state index in [1.165, 1.54) is 0 Å². The molecule has 1 aromatic carbocycles. The fraction of sp³-hybridized carbons (Fsp3) is 0.647. The van der Waals surface area contributed by atoms with Crippen molar-refractivity contribution < 1.29 is 14.6 Å². The molecule has 0 spiro atoms. The third-order valence-electron chi connectivity index (χ3n) is 3.75. The van der Waals surface area contributed by atoms with Gasteiger partial charge in [0.1, 0.15) is 0 Å². The summed E-state index contributed by atoms with van der Waals surface area (Å²) in [5.41, 5.74) is 0.344. The molecular formula is C17H27NO3. The summed E-state index contributed by atoms with van der Waals surface area (Å²) >= 11 is 0. The number of aliphatic hydroxyl groups is 1. The lowest BCUT2D eigenvalue weighted by Gasteiger charge is -2.30. The summed E-state index contributed by atoms with van der Waals surface area (Å²) in [6.07, 6.45) is 0.0255. The molecule has 118 valence electrons. The second kappa shape index (κ2) is 6.44. The Balaban J connectivity index is 1.96. The normalized spacial score (nSPS) is 26.5. The first-order chi connectivity index (χ1) is 9.82. The van der Waals surface area contributed by atoms with Crippen LogP contribution in [-0.4, -0.2) is 48.0 Å². The van der Waals surface area contributed by atoms with E-state index in [9.17, 15) is 5.11 Å². The quantitative estimate of drug-likeness (QED) is 0.874. The number of rotatable bonds is 6. The van der Waals surface area contributed by atoms with Crippen LogP contribution in [0.5, 0.6) is 0 Å². The number of likely N-dealkylation sites (N-methyl/N-ethyl adjacent to an activating group) is 1. The summed E-state index contributed by atoms with van der Waals surface area (Å²) in [7, 11) is 0. The fourth-order valence-corrected chi connectivity index (χ4v) is 2.76. The van der Waals surface area contributed by atoms with Crippen LogP contribution < -0.4 is 0 Å². The smallest absolute Gasteiger partial charge is 0.192 e. The van der Waals surface area contributed by atoms with Gasteiger partial charge in [-0.05, 0) is 27.3 Å². The van der Waals surface area contributed by atoms with Crippen LogP contribution in [0.3, 0.4) is 0 Å². The summed E-state index contributed by atoms with van der Waals surface area (Å²) < 4.78 is 12.0. The second-order valence-electron chi connectivity index (χ2n) is 6.50. The Morgan fingerprint density at radius 3 is 2.57 bits per heavy atom. The molecule has 2 atom stereocenters. The van der Waals surface area contributed by atoms with Gasteiger partial charge >= 0.3 is 0 Å². The summed E-state index contributed by atoms with van der Waals surface area (Å²) in [6.45, 7) is 10.6. The van der Waals surface area contributed by atoms with Crippen molar-refractivity contribution in [2.45, 2.75) is 45.2 Å². The molecule has 2 rings (SSSR count). The average Bonchev–Trinajstić information content (AvgIpc) is 2.80. The van der Waals surface area contributed by atoms with Crippen molar-refractivity contribution in [3.05, 3.63) is 35.9 Å². The highest BCUT2D eigenvalue weighted by Gasteiger charge is 2.39. The lowest BCUT2D eigenvalue weighted by atomic mass is 10.1. The lowest BCUT2D eigenvalue weighted by molar-refractivity contribution is -0.164. The van der Waals surface area contributed by atoms with Gasteiger partial charge in [-0.3, -0.25) is 4.90 Å². The van der Waals surface area contributed by atoms with Crippen LogP contribution in [-0.2, 0) is 15.3 Å². The number of ether oxygens (including phenoxy) is 2. The second-order valence-corrected chi connectivity index (χ2v) is 6.50. The highest BCUT2D eigenvalue weighted by Crippen LogP contribution is 2.33. The predicted molar refractivity (Wildman–Crippen MR) is 83.0 cm³/mol. The van der Waals surface area contributed by atoms with Crippen LogP contribution in [0.2, 0.25) is 0 Å². The zero-order chi connectivity index (χ0) is 15.5. The summed E-state index contributed by atoms with van der Waals surface area (Å²) in [5.74, 6) is -0.667. The van der Waals surface area contributed by atoms with Crippen LogP contribution in [0, 0.1) is 0 Å². The van der Waals surface area contributed by atoms with E-state index in [-0.39, 0.29) is 6.10 Å². The van der Waals surface area contributed by atoms with Gasteiger partial charge in [-0.15, -0.1) is 0 Å². The van der Waals surface area contributed by atoms with Gasteiger partial charge in [-0.1, -0.05) is 37.3 Å². The van der Waals surface area contributed by atoms with Gasteiger partial charge in [0.25, 0.3) is 0 Å².